The predicted molar refractivity (Wildman–Crippen MR) is 257 cm³/mol. The fraction of sp³-hybridized carbons (Fsp3) is 0.0182. The van der Waals surface area contributed by atoms with Crippen LogP contribution < -0.4 is 30.4 Å². The maximum Gasteiger partial charge on any atom is 0.184 e. The summed E-state index contributed by atoms with van der Waals surface area (Å²) in [5.41, 5.74) is 8.66. The molecule has 0 spiro atoms. The molecule has 0 unspecified atom stereocenters. The molecule has 0 bridgehead atoms. The molecule has 0 radical (unpaired) electrons. The highest BCUT2D eigenvalue weighted by Crippen LogP contribution is 2.43. The summed E-state index contributed by atoms with van der Waals surface area (Å²) in [5.74, 6) is 3.21. The van der Waals surface area contributed by atoms with Crippen LogP contribution in [0.3, 0.4) is 0 Å². The van der Waals surface area contributed by atoms with Gasteiger partial charge in [0, 0.05) is 52.7 Å². The number of ether oxygens (including phenoxy) is 1. The summed E-state index contributed by atoms with van der Waals surface area (Å²) in [6.07, 6.45) is 1.87. The molecular formula is C55H39N5OSi. The molecule has 0 saturated carbocycles. The van der Waals surface area contributed by atoms with Crippen LogP contribution in [0.2, 0.25) is 0 Å². The van der Waals surface area contributed by atoms with Crippen molar-refractivity contribution in [1.82, 2.24) is 19.1 Å². The van der Waals surface area contributed by atoms with E-state index in [4.69, 9.17) is 14.7 Å². The Bertz CT molecular complexity index is 3420. The van der Waals surface area contributed by atoms with Gasteiger partial charge in [-0.1, -0.05) is 127 Å². The van der Waals surface area contributed by atoms with Crippen molar-refractivity contribution in [3.63, 3.8) is 0 Å². The van der Waals surface area contributed by atoms with E-state index in [0.717, 1.165) is 67.2 Å². The van der Waals surface area contributed by atoms with Gasteiger partial charge in [0.05, 0.1) is 22.1 Å². The van der Waals surface area contributed by atoms with Crippen LogP contribution in [0, 0.1) is 0 Å². The van der Waals surface area contributed by atoms with E-state index in [1.54, 1.807) is 0 Å². The minimum absolute atomic E-state index is 0.736. The first-order valence-electron chi connectivity index (χ1n) is 21.0. The SMILES string of the molecule is Cn1c(-c2cccc(Oc3ccc4c5cc6c(cc5n(-c5ccccn5)c4c3)[Si](c3ccccc3)(c3ccccc3)c3ccccc3N6c3ccccc3)c2)nc2ccccc21. The Labute approximate surface area is 360 Å². The molecule has 8 aromatic carbocycles. The maximum absolute atomic E-state index is 6.74. The highest BCUT2D eigenvalue weighted by Gasteiger charge is 2.49. The normalized spacial score (nSPS) is 13.0. The summed E-state index contributed by atoms with van der Waals surface area (Å²) in [6.45, 7) is 0. The number of benzene rings is 8. The molecule has 4 heterocycles. The lowest BCUT2D eigenvalue weighted by Crippen LogP contribution is -2.77. The number of aromatic nitrogens is 4. The summed E-state index contributed by atoms with van der Waals surface area (Å²) in [5, 5.41) is 7.61. The summed E-state index contributed by atoms with van der Waals surface area (Å²) in [7, 11) is -0.899. The summed E-state index contributed by atoms with van der Waals surface area (Å²) >= 11 is 0. The average molecular weight is 814 g/mol. The Hall–Kier alpha value is -8.00. The molecule has 7 heteroatoms. The van der Waals surface area contributed by atoms with Gasteiger partial charge < -0.3 is 14.2 Å². The first-order chi connectivity index (χ1) is 30.7. The quantitative estimate of drug-likeness (QED) is 0.150. The molecule has 0 amide bonds. The van der Waals surface area contributed by atoms with Gasteiger partial charge in [0.15, 0.2) is 8.07 Å². The predicted octanol–water partition coefficient (Wildman–Crippen LogP) is 10.7. The molecule has 0 saturated heterocycles. The Morgan fingerprint density at radius 2 is 1.16 bits per heavy atom. The van der Waals surface area contributed by atoms with Crippen molar-refractivity contribution in [2.45, 2.75) is 0 Å². The summed E-state index contributed by atoms with van der Waals surface area (Å²) < 4.78 is 11.2. The van der Waals surface area contributed by atoms with Crippen molar-refractivity contribution in [2.24, 2.45) is 7.05 Å². The summed E-state index contributed by atoms with van der Waals surface area (Å²) in [4.78, 5) is 12.4. The zero-order valence-electron chi connectivity index (χ0n) is 33.9. The van der Waals surface area contributed by atoms with Crippen LogP contribution in [0.1, 0.15) is 0 Å². The van der Waals surface area contributed by atoms with E-state index in [1.165, 1.54) is 32.1 Å². The van der Waals surface area contributed by atoms with E-state index in [0.29, 0.717) is 0 Å². The van der Waals surface area contributed by atoms with Crippen LogP contribution >= 0.6 is 0 Å². The van der Waals surface area contributed by atoms with E-state index >= 15 is 0 Å². The molecule has 0 fully saturated rings. The first-order valence-corrected chi connectivity index (χ1v) is 23.0. The number of imidazole rings is 1. The van der Waals surface area contributed by atoms with Crippen molar-refractivity contribution in [1.29, 1.82) is 0 Å². The average Bonchev–Trinajstić information content (AvgIpc) is 3.84. The lowest BCUT2D eigenvalue weighted by Gasteiger charge is -2.45. The van der Waals surface area contributed by atoms with Gasteiger partial charge in [-0.2, -0.15) is 0 Å². The van der Waals surface area contributed by atoms with Crippen LogP contribution in [-0.2, 0) is 7.05 Å². The van der Waals surface area contributed by atoms with Crippen molar-refractivity contribution in [3.05, 3.63) is 219 Å². The lowest BCUT2D eigenvalue weighted by molar-refractivity contribution is 0.483. The van der Waals surface area contributed by atoms with Gasteiger partial charge in [-0.25, -0.2) is 9.97 Å². The second-order valence-electron chi connectivity index (χ2n) is 15.9. The van der Waals surface area contributed by atoms with Gasteiger partial charge in [0.2, 0.25) is 0 Å². The topological polar surface area (TPSA) is 48.1 Å². The zero-order valence-corrected chi connectivity index (χ0v) is 34.9. The summed E-state index contributed by atoms with van der Waals surface area (Å²) in [6, 6.07) is 76.1. The zero-order chi connectivity index (χ0) is 41.2. The molecule has 11 aromatic rings. The number of hydrogen-bond donors (Lipinski definition) is 0. The number of fused-ring (bicyclic) bond motifs is 6. The Kier molecular flexibility index (Phi) is 8.30. The van der Waals surface area contributed by atoms with E-state index in [1.807, 2.05) is 36.5 Å². The molecule has 0 N–H and O–H groups in total. The molecule has 294 valence electrons. The molecule has 0 atom stereocenters. The van der Waals surface area contributed by atoms with Gasteiger partial charge >= 0.3 is 0 Å². The van der Waals surface area contributed by atoms with Crippen LogP contribution in [0.5, 0.6) is 11.5 Å². The molecule has 62 heavy (non-hydrogen) atoms. The van der Waals surface area contributed by atoms with Crippen LogP contribution in [-0.4, -0.2) is 27.2 Å². The fourth-order valence-corrected chi connectivity index (χ4v) is 14.9. The van der Waals surface area contributed by atoms with Gasteiger partial charge in [0.25, 0.3) is 0 Å². The van der Waals surface area contributed by atoms with E-state index < -0.39 is 8.07 Å². The van der Waals surface area contributed by atoms with Gasteiger partial charge in [-0.05, 0) is 99.6 Å². The molecule has 12 rings (SSSR count). The monoisotopic (exact) mass is 813 g/mol. The molecule has 1 aliphatic rings. The smallest absolute Gasteiger partial charge is 0.184 e. The molecular weight excluding hydrogens is 775 g/mol. The highest BCUT2D eigenvalue weighted by molar-refractivity contribution is 7.21. The van der Waals surface area contributed by atoms with Crippen molar-refractivity contribution in [2.75, 3.05) is 4.90 Å². The molecule has 1 aliphatic heterocycles. The van der Waals surface area contributed by atoms with Gasteiger partial charge in [-0.3, -0.25) is 4.57 Å². The third kappa shape index (κ3) is 5.49. The Balaban J connectivity index is 1.11. The number of anilines is 3. The van der Waals surface area contributed by atoms with Crippen molar-refractivity contribution in [3.8, 4) is 28.7 Å². The second kappa shape index (κ2) is 14.3. The minimum Gasteiger partial charge on any atom is -0.457 e. The Morgan fingerprint density at radius 3 is 1.92 bits per heavy atom. The molecule has 0 aliphatic carbocycles. The van der Waals surface area contributed by atoms with Crippen LogP contribution in [0.15, 0.2) is 219 Å². The number of nitrogens with zero attached hydrogens (tertiary/aromatic N) is 5. The maximum atomic E-state index is 6.74. The van der Waals surface area contributed by atoms with Gasteiger partial charge in [0.1, 0.15) is 23.1 Å². The largest absolute Gasteiger partial charge is 0.457 e. The van der Waals surface area contributed by atoms with Gasteiger partial charge in [-0.15, -0.1) is 0 Å². The lowest BCUT2D eigenvalue weighted by atomic mass is 10.1. The van der Waals surface area contributed by atoms with E-state index in [9.17, 15) is 0 Å². The highest BCUT2D eigenvalue weighted by atomic mass is 28.3. The minimum atomic E-state index is -2.96. The molecule has 3 aromatic heterocycles. The Morgan fingerprint density at radius 1 is 0.484 bits per heavy atom. The second-order valence-corrected chi connectivity index (χ2v) is 19.6. The number of rotatable bonds is 7. The number of aryl methyl sites for hydroxylation is 1. The van der Waals surface area contributed by atoms with Crippen LogP contribution in [0.25, 0.3) is 50.0 Å². The third-order valence-corrected chi connectivity index (χ3v) is 17.3. The van der Waals surface area contributed by atoms with Crippen molar-refractivity contribution < 1.29 is 4.74 Å². The first kappa shape index (κ1) is 35.9. The number of pyridine rings is 1. The fourth-order valence-electron chi connectivity index (χ4n) is 9.83. The number of para-hydroxylation sites is 4. The van der Waals surface area contributed by atoms with E-state index in [2.05, 4.69) is 203 Å². The van der Waals surface area contributed by atoms with E-state index in [-0.39, 0.29) is 0 Å². The third-order valence-electron chi connectivity index (χ3n) is 12.5. The van der Waals surface area contributed by atoms with Crippen LogP contribution in [0.4, 0.5) is 17.1 Å². The van der Waals surface area contributed by atoms with Crippen molar-refractivity contribution >= 4 is 78.7 Å². The number of hydrogen-bond acceptors (Lipinski definition) is 4. The standard InChI is InChI=1S/C55H39N5OSi/c1-58-47-27-12-11-26-46(47)57-55(58)38-18-17-21-40(34-38)61-41-31-32-44-45-36-51-53(37-50(45)60(49(44)35-41)54-30-15-16-33-56-54)62(42-22-7-3-8-23-42,43-24-9-4-10-25-43)52-29-14-13-28-48(52)59(51)39-19-5-2-6-20-39/h2-37H,1H3. The molecule has 6 nitrogen and oxygen atoms in total.